The zero-order valence-electron chi connectivity index (χ0n) is 11.0. The van der Waals surface area contributed by atoms with E-state index in [-0.39, 0.29) is 6.04 Å². The highest BCUT2D eigenvalue weighted by molar-refractivity contribution is 5.08. The van der Waals surface area contributed by atoms with Gasteiger partial charge in [-0.3, -0.25) is 0 Å². The molecule has 1 heterocycles. The molecule has 0 aliphatic heterocycles. The molecule has 17 heavy (non-hydrogen) atoms. The highest BCUT2D eigenvalue weighted by Crippen LogP contribution is 2.34. The van der Waals surface area contributed by atoms with Gasteiger partial charge in [0.15, 0.2) is 0 Å². The standard InChI is InChI=1S/C13H23N3O/c1-9(2)13(14)12-7-15-8-16(12)10-4-5-11(6-10)17-3/h7-11,13H,4-6,14H2,1-3H3. The quantitative estimate of drug-likeness (QED) is 0.874. The monoisotopic (exact) mass is 237 g/mol. The summed E-state index contributed by atoms with van der Waals surface area (Å²) in [7, 11) is 1.79. The molecule has 4 heteroatoms. The number of nitrogens with zero attached hydrogens (tertiary/aromatic N) is 2. The van der Waals surface area contributed by atoms with Crippen molar-refractivity contribution in [2.75, 3.05) is 7.11 Å². The molecule has 96 valence electrons. The maximum Gasteiger partial charge on any atom is 0.0951 e. The molecule has 0 spiro atoms. The molecular weight excluding hydrogens is 214 g/mol. The molecule has 1 aliphatic rings. The number of aromatic nitrogens is 2. The van der Waals surface area contributed by atoms with Crippen LogP contribution in [0.1, 0.15) is 50.9 Å². The summed E-state index contributed by atoms with van der Waals surface area (Å²) in [6, 6.07) is 0.571. The van der Waals surface area contributed by atoms with Gasteiger partial charge >= 0.3 is 0 Å². The van der Waals surface area contributed by atoms with Gasteiger partial charge in [-0.25, -0.2) is 4.98 Å². The van der Waals surface area contributed by atoms with Crippen LogP contribution >= 0.6 is 0 Å². The Morgan fingerprint density at radius 2 is 2.24 bits per heavy atom. The molecule has 3 atom stereocenters. The Morgan fingerprint density at radius 3 is 2.82 bits per heavy atom. The SMILES string of the molecule is COC1CCC(n2cncc2C(N)C(C)C)C1. The van der Waals surface area contributed by atoms with Crippen LogP contribution in [-0.2, 0) is 4.74 Å². The first-order valence-electron chi connectivity index (χ1n) is 6.43. The fourth-order valence-corrected chi connectivity index (χ4v) is 2.60. The van der Waals surface area contributed by atoms with E-state index in [0.717, 1.165) is 25.0 Å². The number of hydrogen-bond acceptors (Lipinski definition) is 3. The Morgan fingerprint density at radius 1 is 1.47 bits per heavy atom. The van der Waals surface area contributed by atoms with E-state index in [1.807, 2.05) is 12.5 Å². The fourth-order valence-electron chi connectivity index (χ4n) is 2.60. The number of ether oxygens (including phenoxy) is 1. The van der Waals surface area contributed by atoms with Crippen molar-refractivity contribution in [2.45, 2.75) is 51.3 Å². The molecule has 4 nitrogen and oxygen atoms in total. The Labute approximate surface area is 103 Å². The minimum absolute atomic E-state index is 0.0686. The normalized spacial score (nSPS) is 26.6. The number of imidazole rings is 1. The van der Waals surface area contributed by atoms with Crippen LogP contribution in [0.15, 0.2) is 12.5 Å². The predicted octanol–water partition coefficient (Wildman–Crippen LogP) is 2.28. The van der Waals surface area contributed by atoms with E-state index < -0.39 is 0 Å². The van der Waals surface area contributed by atoms with Crippen LogP contribution in [0.4, 0.5) is 0 Å². The maximum absolute atomic E-state index is 6.23. The highest BCUT2D eigenvalue weighted by Gasteiger charge is 2.28. The van der Waals surface area contributed by atoms with Crippen LogP contribution in [-0.4, -0.2) is 22.8 Å². The molecule has 0 bridgehead atoms. The lowest BCUT2D eigenvalue weighted by Crippen LogP contribution is -2.22. The van der Waals surface area contributed by atoms with Gasteiger partial charge in [-0.05, 0) is 25.2 Å². The van der Waals surface area contributed by atoms with E-state index in [2.05, 4.69) is 23.4 Å². The van der Waals surface area contributed by atoms with Gasteiger partial charge in [0.1, 0.15) is 0 Å². The Kier molecular flexibility index (Phi) is 3.84. The average Bonchev–Trinajstić information content (AvgIpc) is 2.95. The summed E-state index contributed by atoms with van der Waals surface area (Å²) in [5.74, 6) is 0.435. The van der Waals surface area contributed by atoms with Crippen LogP contribution in [0, 0.1) is 5.92 Å². The van der Waals surface area contributed by atoms with Crippen LogP contribution in [0.3, 0.4) is 0 Å². The topological polar surface area (TPSA) is 53.1 Å². The fraction of sp³-hybridized carbons (Fsp3) is 0.769. The van der Waals surface area contributed by atoms with E-state index in [1.165, 1.54) is 0 Å². The number of nitrogens with two attached hydrogens (primary N) is 1. The molecule has 1 saturated carbocycles. The molecule has 2 N–H and O–H groups in total. The molecule has 2 rings (SSSR count). The first kappa shape index (κ1) is 12.6. The molecule has 0 amide bonds. The smallest absolute Gasteiger partial charge is 0.0951 e. The van der Waals surface area contributed by atoms with Crippen molar-refractivity contribution >= 4 is 0 Å². The van der Waals surface area contributed by atoms with Crippen molar-refractivity contribution < 1.29 is 4.74 Å². The number of rotatable bonds is 4. The van der Waals surface area contributed by atoms with Gasteiger partial charge < -0.3 is 15.0 Å². The second kappa shape index (κ2) is 5.19. The van der Waals surface area contributed by atoms with Gasteiger partial charge in [0.2, 0.25) is 0 Å². The second-order valence-electron chi connectivity index (χ2n) is 5.32. The van der Waals surface area contributed by atoms with E-state index >= 15 is 0 Å². The van der Waals surface area contributed by atoms with Crippen molar-refractivity contribution in [2.24, 2.45) is 11.7 Å². The largest absolute Gasteiger partial charge is 0.381 e. The summed E-state index contributed by atoms with van der Waals surface area (Å²) in [6.45, 7) is 4.29. The predicted molar refractivity (Wildman–Crippen MR) is 67.7 cm³/mol. The van der Waals surface area contributed by atoms with Crippen LogP contribution in [0.2, 0.25) is 0 Å². The van der Waals surface area contributed by atoms with Crippen molar-refractivity contribution in [3.63, 3.8) is 0 Å². The van der Waals surface area contributed by atoms with E-state index in [0.29, 0.717) is 18.1 Å². The van der Waals surface area contributed by atoms with Gasteiger partial charge in [-0.1, -0.05) is 13.8 Å². The molecule has 3 unspecified atom stereocenters. The van der Waals surface area contributed by atoms with Crippen molar-refractivity contribution in [3.8, 4) is 0 Å². The zero-order valence-corrected chi connectivity index (χ0v) is 11.0. The molecule has 1 aromatic heterocycles. The van der Waals surface area contributed by atoms with Crippen molar-refractivity contribution in [1.29, 1.82) is 0 Å². The third-order valence-electron chi connectivity index (χ3n) is 3.84. The van der Waals surface area contributed by atoms with Crippen molar-refractivity contribution in [1.82, 2.24) is 9.55 Å². The van der Waals surface area contributed by atoms with Gasteiger partial charge in [0.25, 0.3) is 0 Å². The summed E-state index contributed by atoms with van der Waals surface area (Å²) < 4.78 is 7.68. The van der Waals surface area contributed by atoms with Crippen molar-refractivity contribution in [3.05, 3.63) is 18.2 Å². The van der Waals surface area contributed by atoms with Crippen LogP contribution in [0.5, 0.6) is 0 Å². The van der Waals surface area contributed by atoms with E-state index in [1.54, 1.807) is 7.11 Å². The molecule has 1 fully saturated rings. The molecule has 1 aromatic rings. The lowest BCUT2D eigenvalue weighted by molar-refractivity contribution is 0.105. The second-order valence-corrected chi connectivity index (χ2v) is 5.32. The van der Waals surface area contributed by atoms with E-state index in [9.17, 15) is 0 Å². The summed E-state index contributed by atoms with van der Waals surface area (Å²) >= 11 is 0. The van der Waals surface area contributed by atoms with Crippen LogP contribution < -0.4 is 5.73 Å². The summed E-state index contributed by atoms with van der Waals surface area (Å²) in [5.41, 5.74) is 7.38. The molecule has 1 aliphatic carbocycles. The Hall–Kier alpha value is -0.870. The Bertz CT molecular complexity index is 361. The van der Waals surface area contributed by atoms with E-state index in [4.69, 9.17) is 10.5 Å². The highest BCUT2D eigenvalue weighted by atomic mass is 16.5. The molecule has 0 aromatic carbocycles. The van der Waals surface area contributed by atoms with Gasteiger partial charge in [0, 0.05) is 25.4 Å². The third-order valence-corrected chi connectivity index (χ3v) is 3.84. The van der Waals surface area contributed by atoms with Gasteiger partial charge in [-0.15, -0.1) is 0 Å². The zero-order chi connectivity index (χ0) is 12.4. The lowest BCUT2D eigenvalue weighted by atomic mass is 10.0. The summed E-state index contributed by atoms with van der Waals surface area (Å²) in [6.07, 6.45) is 7.59. The average molecular weight is 237 g/mol. The first-order valence-corrected chi connectivity index (χ1v) is 6.43. The summed E-state index contributed by atoms with van der Waals surface area (Å²) in [4.78, 5) is 4.26. The number of methoxy groups -OCH3 is 1. The minimum atomic E-state index is 0.0686. The minimum Gasteiger partial charge on any atom is -0.381 e. The Balaban J connectivity index is 2.14. The van der Waals surface area contributed by atoms with Gasteiger partial charge in [-0.2, -0.15) is 0 Å². The molecule has 0 saturated heterocycles. The first-order chi connectivity index (χ1) is 8.13. The van der Waals surface area contributed by atoms with Gasteiger partial charge in [0.05, 0.1) is 18.1 Å². The molecule has 0 radical (unpaired) electrons. The lowest BCUT2D eigenvalue weighted by Gasteiger charge is -2.21. The molecular formula is C13H23N3O. The third kappa shape index (κ3) is 2.53. The number of hydrogen-bond donors (Lipinski definition) is 1. The summed E-state index contributed by atoms with van der Waals surface area (Å²) in [5, 5.41) is 0. The maximum atomic E-state index is 6.23. The van der Waals surface area contributed by atoms with Crippen LogP contribution in [0.25, 0.3) is 0 Å².